The summed E-state index contributed by atoms with van der Waals surface area (Å²) in [6.07, 6.45) is 4.58. The van der Waals surface area contributed by atoms with Gasteiger partial charge in [0.05, 0.1) is 12.1 Å². The first-order chi connectivity index (χ1) is 13.6. The van der Waals surface area contributed by atoms with Gasteiger partial charge in [-0.1, -0.05) is 30.3 Å². The fraction of sp³-hybridized carbons (Fsp3) is 0.375. The van der Waals surface area contributed by atoms with Gasteiger partial charge in [-0.15, -0.1) is 0 Å². The molecule has 146 valence electrons. The van der Waals surface area contributed by atoms with Crippen molar-refractivity contribution in [1.29, 1.82) is 0 Å². The number of aryl methyl sites for hydroxylation is 2. The Morgan fingerprint density at radius 1 is 1.18 bits per heavy atom. The Balaban J connectivity index is 1.37. The van der Waals surface area contributed by atoms with Crippen LogP contribution >= 0.6 is 0 Å². The molecule has 4 nitrogen and oxygen atoms in total. The van der Waals surface area contributed by atoms with E-state index in [1.54, 1.807) is 0 Å². The summed E-state index contributed by atoms with van der Waals surface area (Å²) >= 11 is 0. The van der Waals surface area contributed by atoms with Crippen LogP contribution < -0.4 is 10.1 Å². The molecule has 0 saturated heterocycles. The van der Waals surface area contributed by atoms with Crippen LogP contribution in [-0.2, 0) is 17.6 Å². The minimum absolute atomic E-state index is 0.0884. The Bertz CT molecular complexity index is 956. The lowest BCUT2D eigenvalue weighted by atomic mass is 9.91. The molecule has 0 radical (unpaired) electrons. The van der Waals surface area contributed by atoms with E-state index in [2.05, 4.69) is 34.6 Å². The van der Waals surface area contributed by atoms with Crippen molar-refractivity contribution >= 4 is 16.8 Å². The van der Waals surface area contributed by atoms with E-state index in [1.165, 1.54) is 16.6 Å². The van der Waals surface area contributed by atoms with Gasteiger partial charge in [-0.3, -0.25) is 4.79 Å². The highest BCUT2D eigenvalue weighted by Gasteiger charge is 2.25. The van der Waals surface area contributed by atoms with E-state index in [0.717, 1.165) is 42.5 Å². The number of benzene rings is 2. The van der Waals surface area contributed by atoms with Crippen LogP contribution in [0.2, 0.25) is 0 Å². The van der Waals surface area contributed by atoms with Crippen LogP contribution in [0.1, 0.15) is 56.0 Å². The highest BCUT2D eigenvalue weighted by molar-refractivity contribution is 5.85. The molecule has 0 aliphatic heterocycles. The third-order valence-electron chi connectivity index (χ3n) is 5.39. The lowest BCUT2D eigenvalue weighted by molar-refractivity contribution is -0.121. The Morgan fingerprint density at radius 3 is 2.75 bits per heavy atom. The van der Waals surface area contributed by atoms with Crippen molar-refractivity contribution < 1.29 is 9.53 Å². The molecular weight excluding hydrogens is 348 g/mol. The van der Waals surface area contributed by atoms with Gasteiger partial charge < -0.3 is 15.0 Å². The highest BCUT2D eigenvalue weighted by Crippen LogP contribution is 2.34. The second-order valence-corrected chi connectivity index (χ2v) is 7.89. The smallest absolute Gasteiger partial charge is 0.220 e. The van der Waals surface area contributed by atoms with E-state index >= 15 is 0 Å². The van der Waals surface area contributed by atoms with Crippen LogP contribution in [0, 0.1) is 0 Å². The number of amides is 1. The zero-order valence-electron chi connectivity index (χ0n) is 16.6. The highest BCUT2D eigenvalue weighted by atomic mass is 16.5. The molecule has 1 atom stereocenters. The molecule has 1 heterocycles. The van der Waals surface area contributed by atoms with Gasteiger partial charge in [0, 0.05) is 23.0 Å². The van der Waals surface area contributed by atoms with Crippen LogP contribution in [0.5, 0.6) is 5.75 Å². The number of hydrogen-bond donors (Lipinski definition) is 2. The predicted octanol–water partition coefficient (Wildman–Crippen LogP) is 5.08. The maximum absolute atomic E-state index is 12.6. The van der Waals surface area contributed by atoms with Crippen molar-refractivity contribution in [1.82, 2.24) is 10.3 Å². The number of para-hydroxylation sites is 1. The second-order valence-electron chi connectivity index (χ2n) is 7.89. The Kier molecular flexibility index (Phi) is 5.38. The third-order valence-corrected chi connectivity index (χ3v) is 5.39. The van der Waals surface area contributed by atoms with Gasteiger partial charge >= 0.3 is 0 Å². The summed E-state index contributed by atoms with van der Waals surface area (Å²) < 4.78 is 5.67. The van der Waals surface area contributed by atoms with Crippen molar-refractivity contribution in [3.05, 3.63) is 65.4 Å². The van der Waals surface area contributed by atoms with Gasteiger partial charge in [-0.25, -0.2) is 0 Å². The number of hydrogen-bond acceptors (Lipinski definition) is 2. The van der Waals surface area contributed by atoms with Crippen LogP contribution in [0.4, 0.5) is 0 Å². The maximum atomic E-state index is 12.6. The zero-order valence-corrected chi connectivity index (χ0v) is 16.6. The molecule has 0 spiro atoms. The summed E-state index contributed by atoms with van der Waals surface area (Å²) in [4.78, 5) is 16.1. The van der Waals surface area contributed by atoms with E-state index in [1.807, 2.05) is 38.1 Å². The summed E-state index contributed by atoms with van der Waals surface area (Å²) in [6, 6.07) is 16.5. The molecule has 0 bridgehead atoms. The standard InChI is InChI=1S/C24H28N2O2/c1-16(2)28-18-13-10-17(11-14-18)12-15-23(27)25-22-9-5-7-20-19-6-3-4-8-21(19)26-24(20)22/h3-4,6,8,10-11,13-14,16,22,26H,5,7,9,12,15H2,1-2H3,(H,25,27). The molecule has 28 heavy (non-hydrogen) atoms. The fourth-order valence-corrected chi connectivity index (χ4v) is 4.09. The average molecular weight is 376 g/mol. The molecule has 1 aromatic heterocycles. The van der Waals surface area contributed by atoms with Crippen molar-refractivity contribution in [2.45, 2.75) is 58.1 Å². The zero-order chi connectivity index (χ0) is 19.5. The third kappa shape index (κ3) is 4.06. The molecule has 1 aliphatic rings. The quantitative estimate of drug-likeness (QED) is 0.630. The Labute approximate surface area is 166 Å². The summed E-state index contributed by atoms with van der Waals surface area (Å²) in [7, 11) is 0. The van der Waals surface area contributed by atoms with Crippen molar-refractivity contribution in [3.8, 4) is 5.75 Å². The van der Waals surface area contributed by atoms with E-state index in [0.29, 0.717) is 6.42 Å². The van der Waals surface area contributed by atoms with Crippen LogP contribution in [-0.4, -0.2) is 17.0 Å². The topological polar surface area (TPSA) is 54.1 Å². The first kappa shape index (κ1) is 18.6. The molecule has 4 heteroatoms. The van der Waals surface area contributed by atoms with Crippen molar-refractivity contribution in [3.63, 3.8) is 0 Å². The SMILES string of the molecule is CC(C)Oc1ccc(CCC(=O)NC2CCCc3c2[nH]c2ccccc32)cc1. The molecule has 2 aromatic carbocycles. The largest absolute Gasteiger partial charge is 0.491 e. The summed E-state index contributed by atoms with van der Waals surface area (Å²) in [5.41, 5.74) is 4.88. The Hall–Kier alpha value is -2.75. The minimum atomic E-state index is 0.0884. The van der Waals surface area contributed by atoms with E-state index in [-0.39, 0.29) is 18.1 Å². The van der Waals surface area contributed by atoms with Crippen LogP contribution in [0.15, 0.2) is 48.5 Å². The first-order valence-corrected chi connectivity index (χ1v) is 10.2. The van der Waals surface area contributed by atoms with Crippen molar-refractivity contribution in [2.75, 3.05) is 0 Å². The number of ether oxygens (including phenoxy) is 1. The number of carbonyl (C=O) groups is 1. The second kappa shape index (κ2) is 8.09. The monoisotopic (exact) mass is 376 g/mol. The van der Waals surface area contributed by atoms with Gasteiger partial charge in [0.1, 0.15) is 5.75 Å². The molecule has 0 saturated carbocycles. The number of nitrogens with one attached hydrogen (secondary N) is 2. The van der Waals surface area contributed by atoms with Crippen molar-refractivity contribution in [2.24, 2.45) is 0 Å². The molecule has 0 fully saturated rings. The normalized spacial score (nSPS) is 16.2. The summed E-state index contributed by atoms with van der Waals surface area (Å²) in [6.45, 7) is 4.03. The molecule has 1 unspecified atom stereocenters. The summed E-state index contributed by atoms with van der Waals surface area (Å²) in [5.74, 6) is 0.982. The van der Waals surface area contributed by atoms with Gasteiger partial charge in [0.2, 0.25) is 5.91 Å². The molecular formula is C24H28N2O2. The molecule has 3 aromatic rings. The number of aromatic amines is 1. The number of rotatable bonds is 6. The predicted molar refractivity (Wildman–Crippen MR) is 113 cm³/mol. The van der Waals surface area contributed by atoms with E-state index in [9.17, 15) is 4.79 Å². The van der Waals surface area contributed by atoms with Crippen LogP contribution in [0.3, 0.4) is 0 Å². The summed E-state index contributed by atoms with van der Waals surface area (Å²) in [5, 5.41) is 4.54. The Morgan fingerprint density at radius 2 is 1.96 bits per heavy atom. The lowest BCUT2D eigenvalue weighted by Crippen LogP contribution is -2.31. The fourth-order valence-electron chi connectivity index (χ4n) is 4.09. The first-order valence-electron chi connectivity index (χ1n) is 10.2. The molecule has 1 amide bonds. The lowest BCUT2D eigenvalue weighted by Gasteiger charge is -2.24. The maximum Gasteiger partial charge on any atom is 0.220 e. The number of fused-ring (bicyclic) bond motifs is 3. The number of H-pyrrole nitrogens is 1. The minimum Gasteiger partial charge on any atom is -0.491 e. The van der Waals surface area contributed by atoms with Crippen LogP contribution in [0.25, 0.3) is 10.9 Å². The number of carbonyl (C=O) groups excluding carboxylic acids is 1. The van der Waals surface area contributed by atoms with Gasteiger partial charge in [0.15, 0.2) is 0 Å². The van der Waals surface area contributed by atoms with E-state index < -0.39 is 0 Å². The van der Waals surface area contributed by atoms with Gasteiger partial charge in [0.25, 0.3) is 0 Å². The van der Waals surface area contributed by atoms with E-state index in [4.69, 9.17) is 4.74 Å². The van der Waals surface area contributed by atoms with Gasteiger partial charge in [-0.05, 0) is 68.9 Å². The van der Waals surface area contributed by atoms with Gasteiger partial charge in [-0.2, -0.15) is 0 Å². The average Bonchev–Trinajstić information content (AvgIpc) is 3.07. The molecule has 2 N–H and O–H groups in total. The number of aromatic nitrogens is 1. The molecule has 4 rings (SSSR count). The molecule has 1 aliphatic carbocycles.